The van der Waals surface area contributed by atoms with Gasteiger partial charge in [-0.05, 0) is 25.2 Å². The molecule has 0 rings (SSSR count). The Morgan fingerprint density at radius 3 is 0.754 bits per heavy atom. The molecule has 0 saturated carbocycles. The molecule has 0 saturated heterocycles. The molecule has 410 valence electrons. The van der Waals surface area contributed by atoms with Crippen LogP contribution in [0.1, 0.15) is 362 Å². The van der Waals surface area contributed by atoms with Crippen LogP contribution >= 0.6 is 0 Å². The Hall–Kier alpha value is -1.59. The molecule has 0 amide bonds. The third kappa shape index (κ3) is 55.6. The van der Waals surface area contributed by atoms with Crippen LogP contribution in [0.15, 0.2) is 0 Å². The van der Waals surface area contributed by atoms with Gasteiger partial charge in [0.2, 0.25) is 0 Å². The Morgan fingerprint density at radius 2 is 0.507 bits per heavy atom. The van der Waals surface area contributed by atoms with Crippen molar-refractivity contribution in [3.05, 3.63) is 0 Å². The molecular formula is C63H122O6. The van der Waals surface area contributed by atoms with Crippen LogP contribution in [0.3, 0.4) is 0 Å². The number of hydrogen-bond donors (Lipinski definition) is 0. The third-order valence-electron chi connectivity index (χ3n) is 14.9. The van der Waals surface area contributed by atoms with Crippen molar-refractivity contribution >= 4 is 17.9 Å². The first kappa shape index (κ1) is 67.4. The molecule has 0 aliphatic rings. The molecule has 0 aromatic carbocycles. The molecule has 0 radical (unpaired) electrons. The van der Waals surface area contributed by atoms with Crippen molar-refractivity contribution in [1.82, 2.24) is 0 Å². The number of rotatable bonds is 58. The zero-order valence-electron chi connectivity index (χ0n) is 47.3. The molecule has 0 aliphatic heterocycles. The highest BCUT2D eigenvalue weighted by Gasteiger charge is 2.19. The average Bonchev–Trinajstić information content (AvgIpc) is 3.35. The van der Waals surface area contributed by atoms with E-state index in [1.165, 1.54) is 257 Å². The van der Waals surface area contributed by atoms with Crippen molar-refractivity contribution in [3.63, 3.8) is 0 Å². The molecule has 0 aromatic heterocycles. The van der Waals surface area contributed by atoms with Gasteiger partial charge in [0, 0.05) is 19.3 Å². The van der Waals surface area contributed by atoms with E-state index in [1.54, 1.807) is 0 Å². The molecule has 0 aromatic rings. The van der Waals surface area contributed by atoms with Crippen LogP contribution in [0.4, 0.5) is 0 Å². The van der Waals surface area contributed by atoms with E-state index >= 15 is 0 Å². The third-order valence-corrected chi connectivity index (χ3v) is 14.9. The maximum atomic E-state index is 12.9. The van der Waals surface area contributed by atoms with Crippen LogP contribution < -0.4 is 0 Å². The van der Waals surface area contributed by atoms with Crippen molar-refractivity contribution in [1.29, 1.82) is 0 Å². The second-order valence-corrected chi connectivity index (χ2v) is 21.9. The van der Waals surface area contributed by atoms with Crippen LogP contribution in [-0.2, 0) is 28.6 Å². The largest absolute Gasteiger partial charge is 0.462 e. The minimum atomic E-state index is -0.762. The SMILES string of the molecule is CCCCCCCCCCCCCCCCCC(=O)OC[C@H](COC(=O)CCCCCCCCCCCCCCCC)OC(=O)CCCCCCCCCCCCCCCCCCCCC(C)CC. The van der Waals surface area contributed by atoms with E-state index in [2.05, 4.69) is 27.7 Å². The van der Waals surface area contributed by atoms with Crippen molar-refractivity contribution in [2.45, 2.75) is 368 Å². The monoisotopic (exact) mass is 975 g/mol. The van der Waals surface area contributed by atoms with Gasteiger partial charge in [0.05, 0.1) is 0 Å². The summed E-state index contributed by atoms with van der Waals surface area (Å²) in [6, 6.07) is 0. The number of ether oxygens (including phenoxy) is 3. The summed E-state index contributed by atoms with van der Waals surface area (Å²) in [4.78, 5) is 38.2. The lowest BCUT2D eigenvalue weighted by molar-refractivity contribution is -0.167. The van der Waals surface area contributed by atoms with Gasteiger partial charge >= 0.3 is 17.9 Å². The van der Waals surface area contributed by atoms with Gasteiger partial charge in [0.25, 0.3) is 0 Å². The van der Waals surface area contributed by atoms with Gasteiger partial charge in [-0.25, -0.2) is 0 Å². The van der Waals surface area contributed by atoms with E-state index in [1.807, 2.05) is 0 Å². The van der Waals surface area contributed by atoms with Crippen LogP contribution in [0.2, 0.25) is 0 Å². The van der Waals surface area contributed by atoms with Crippen LogP contribution in [0.25, 0.3) is 0 Å². The van der Waals surface area contributed by atoms with Crippen LogP contribution in [-0.4, -0.2) is 37.2 Å². The summed E-state index contributed by atoms with van der Waals surface area (Å²) in [5.41, 5.74) is 0. The summed E-state index contributed by atoms with van der Waals surface area (Å²) in [5.74, 6) is 0.0804. The van der Waals surface area contributed by atoms with E-state index < -0.39 is 6.10 Å². The minimum Gasteiger partial charge on any atom is -0.462 e. The molecule has 0 aliphatic carbocycles. The zero-order chi connectivity index (χ0) is 50.2. The van der Waals surface area contributed by atoms with Crippen molar-refractivity contribution in [2.75, 3.05) is 13.2 Å². The molecule has 69 heavy (non-hydrogen) atoms. The van der Waals surface area contributed by atoms with E-state index in [0.717, 1.165) is 63.7 Å². The molecule has 0 bridgehead atoms. The highest BCUT2D eigenvalue weighted by atomic mass is 16.6. The van der Waals surface area contributed by atoms with E-state index in [-0.39, 0.29) is 31.1 Å². The molecule has 0 spiro atoms. The fourth-order valence-electron chi connectivity index (χ4n) is 9.78. The Labute approximate surface area is 431 Å². The predicted molar refractivity (Wildman–Crippen MR) is 298 cm³/mol. The summed E-state index contributed by atoms with van der Waals surface area (Å²) >= 11 is 0. The number of hydrogen-bond acceptors (Lipinski definition) is 6. The molecule has 0 heterocycles. The summed E-state index contributed by atoms with van der Waals surface area (Å²) in [6.07, 6.45) is 63.8. The predicted octanol–water partition coefficient (Wildman–Crippen LogP) is 21.0. The first-order valence-corrected chi connectivity index (χ1v) is 31.4. The van der Waals surface area contributed by atoms with E-state index in [4.69, 9.17) is 14.2 Å². The summed E-state index contributed by atoms with van der Waals surface area (Å²) in [6.45, 7) is 9.13. The molecule has 0 fully saturated rings. The molecule has 6 heteroatoms. The zero-order valence-corrected chi connectivity index (χ0v) is 47.3. The van der Waals surface area contributed by atoms with Gasteiger partial charge in [-0.1, -0.05) is 323 Å². The smallest absolute Gasteiger partial charge is 0.306 e. The lowest BCUT2D eigenvalue weighted by Crippen LogP contribution is -2.30. The van der Waals surface area contributed by atoms with Gasteiger partial charge in [0.1, 0.15) is 13.2 Å². The van der Waals surface area contributed by atoms with Crippen LogP contribution in [0, 0.1) is 5.92 Å². The number of unbranched alkanes of at least 4 members (excludes halogenated alkanes) is 44. The topological polar surface area (TPSA) is 78.9 Å². The minimum absolute atomic E-state index is 0.0612. The van der Waals surface area contributed by atoms with E-state index in [0.29, 0.717) is 19.3 Å². The molecule has 0 N–H and O–H groups in total. The number of carbonyl (C=O) groups is 3. The van der Waals surface area contributed by atoms with Crippen molar-refractivity contribution in [2.24, 2.45) is 5.92 Å². The fourth-order valence-corrected chi connectivity index (χ4v) is 9.78. The van der Waals surface area contributed by atoms with Crippen LogP contribution in [0.5, 0.6) is 0 Å². The number of carbonyl (C=O) groups excluding carboxylic acids is 3. The lowest BCUT2D eigenvalue weighted by atomic mass is 9.99. The van der Waals surface area contributed by atoms with Gasteiger partial charge in [-0.15, -0.1) is 0 Å². The second kappa shape index (κ2) is 57.3. The first-order chi connectivity index (χ1) is 33.9. The first-order valence-electron chi connectivity index (χ1n) is 31.4. The maximum Gasteiger partial charge on any atom is 0.306 e. The molecule has 6 nitrogen and oxygen atoms in total. The second-order valence-electron chi connectivity index (χ2n) is 21.9. The van der Waals surface area contributed by atoms with Gasteiger partial charge in [-0.2, -0.15) is 0 Å². The fraction of sp³-hybridized carbons (Fsp3) is 0.952. The summed E-state index contributed by atoms with van der Waals surface area (Å²) < 4.78 is 16.9. The Kier molecular flexibility index (Phi) is 56.0. The Balaban J connectivity index is 4.25. The quantitative estimate of drug-likeness (QED) is 0.0343. The van der Waals surface area contributed by atoms with E-state index in [9.17, 15) is 14.4 Å². The molecule has 2 atom stereocenters. The number of esters is 3. The normalized spacial score (nSPS) is 12.3. The van der Waals surface area contributed by atoms with Gasteiger partial charge in [0.15, 0.2) is 6.10 Å². The highest BCUT2D eigenvalue weighted by Crippen LogP contribution is 2.19. The average molecular weight is 976 g/mol. The highest BCUT2D eigenvalue weighted by molar-refractivity contribution is 5.71. The van der Waals surface area contributed by atoms with Crippen molar-refractivity contribution < 1.29 is 28.6 Å². The molecule has 1 unspecified atom stereocenters. The van der Waals surface area contributed by atoms with Crippen molar-refractivity contribution in [3.8, 4) is 0 Å². The Morgan fingerprint density at radius 1 is 0.290 bits per heavy atom. The lowest BCUT2D eigenvalue weighted by Gasteiger charge is -2.18. The van der Waals surface area contributed by atoms with Gasteiger partial charge in [-0.3, -0.25) is 14.4 Å². The standard InChI is InChI=1S/C63H122O6/c1-5-8-10-12-14-16-18-20-26-31-35-39-43-47-51-55-62(65)68-58-60(57-67-61(64)54-50-46-42-38-34-30-21-19-17-15-13-11-9-6-2)69-63(66)56-52-48-44-40-36-32-28-25-23-22-24-27-29-33-37-41-45-49-53-59(4)7-3/h59-60H,5-58H2,1-4H3/t59?,60-/m0/s1. The summed E-state index contributed by atoms with van der Waals surface area (Å²) in [7, 11) is 0. The maximum absolute atomic E-state index is 12.9. The molecular weight excluding hydrogens is 853 g/mol. The van der Waals surface area contributed by atoms with Gasteiger partial charge < -0.3 is 14.2 Å². The summed E-state index contributed by atoms with van der Waals surface area (Å²) in [5, 5.41) is 0. The Bertz CT molecular complexity index is 1040.